The van der Waals surface area contributed by atoms with Crippen LogP contribution in [0, 0.1) is 0 Å². The van der Waals surface area contributed by atoms with Gasteiger partial charge in [-0.1, -0.05) is 0 Å². The van der Waals surface area contributed by atoms with E-state index in [0.29, 0.717) is 6.54 Å². The van der Waals surface area contributed by atoms with Crippen molar-refractivity contribution in [3.05, 3.63) is 36.8 Å². The lowest BCUT2D eigenvalue weighted by Gasteiger charge is -2.09. The van der Waals surface area contributed by atoms with Crippen molar-refractivity contribution in [1.29, 1.82) is 0 Å². The van der Waals surface area contributed by atoms with E-state index in [-0.39, 0.29) is 17.3 Å². The summed E-state index contributed by atoms with van der Waals surface area (Å²) in [5.41, 5.74) is 2.55. The van der Waals surface area contributed by atoms with Crippen LogP contribution in [0.2, 0.25) is 0 Å². The summed E-state index contributed by atoms with van der Waals surface area (Å²) >= 11 is 0. The van der Waals surface area contributed by atoms with Crippen molar-refractivity contribution in [3.8, 4) is 0 Å². The van der Waals surface area contributed by atoms with Crippen LogP contribution in [0.4, 0.5) is 5.69 Å². The number of aromatic nitrogens is 3. The topological polar surface area (TPSA) is 115 Å². The molecule has 9 heteroatoms. The van der Waals surface area contributed by atoms with Crippen LogP contribution in [-0.4, -0.2) is 29.7 Å². The average Bonchev–Trinajstić information content (AvgIpc) is 2.91. The molecular formula is C10H14N6O2S. The molecule has 2 heterocycles. The van der Waals surface area contributed by atoms with E-state index in [1.54, 1.807) is 29.2 Å². The molecule has 0 aromatic carbocycles. The number of sulfonamides is 1. The third-order valence-electron chi connectivity index (χ3n) is 2.37. The fourth-order valence-electron chi connectivity index (χ4n) is 1.51. The van der Waals surface area contributed by atoms with Crippen LogP contribution >= 0.6 is 0 Å². The third kappa shape index (κ3) is 3.28. The monoisotopic (exact) mass is 282 g/mol. The van der Waals surface area contributed by atoms with Crippen LogP contribution < -0.4 is 16.0 Å². The first-order valence-corrected chi connectivity index (χ1v) is 7.00. The van der Waals surface area contributed by atoms with E-state index < -0.39 is 10.0 Å². The molecular weight excluding hydrogens is 268 g/mol. The number of hydrogen-bond acceptors (Lipinski definition) is 6. The first kappa shape index (κ1) is 13.5. The van der Waals surface area contributed by atoms with E-state index in [9.17, 15) is 8.42 Å². The highest BCUT2D eigenvalue weighted by Crippen LogP contribution is 2.15. The van der Waals surface area contributed by atoms with Crippen LogP contribution in [0.5, 0.6) is 0 Å². The lowest BCUT2D eigenvalue weighted by Crippen LogP contribution is -2.29. The van der Waals surface area contributed by atoms with Crippen molar-refractivity contribution in [3.63, 3.8) is 0 Å². The summed E-state index contributed by atoms with van der Waals surface area (Å²) in [7, 11) is -3.70. The summed E-state index contributed by atoms with van der Waals surface area (Å²) in [6.45, 7) is 0.648. The largest absolute Gasteiger partial charge is 0.321 e. The molecule has 0 aliphatic heterocycles. The zero-order valence-corrected chi connectivity index (χ0v) is 10.8. The maximum atomic E-state index is 12.0. The molecule has 2 rings (SSSR count). The van der Waals surface area contributed by atoms with Crippen molar-refractivity contribution in [1.82, 2.24) is 19.5 Å². The van der Waals surface area contributed by atoms with Gasteiger partial charge >= 0.3 is 0 Å². The van der Waals surface area contributed by atoms with Crippen molar-refractivity contribution >= 4 is 15.7 Å². The number of rotatable bonds is 6. The van der Waals surface area contributed by atoms with Crippen molar-refractivity contribution in [2.75, 3.05) is 12.0 Å². The van der Waals surface area contributed by atoms with Gasteiger partial charge in [-0.05, 0) is 18.2 Å². The molecule has 0 aliphatic carbocycles. The molecule has 0 saturated carbocycles. The Morgan fingerprint density at radius 2 is 2.16 bits per heavy atom. The van der Waals surface area contributed by atoms with Gasteiger partial charge in [0.05, 0.1) is 12.2 Å². The molecule has 0 spiro atoms. The van der Waals surface area contributed by atoms with Gasteiger partial charge in [0.25, 0.3) is 10.0 Å². The molecule has 0 bridgehead atoms. The summed E-state index contributed by atoms with van der Waals surface area (Å²) in [6, 6.07) is 4.90. The zero-order valence-electron chi connectivity index (χ0n) is 10.0. The molecule has 19 heavy (non-hydrogen) atoms. The predicted molar refractivity (Wildman–Crippen MR) is 69.5 cm³/mol. The van der Waals surface area contributed by atoms with Gasteiger partial charge in [-0.15, -0.1) is 0 Å². The zero-order chi connectivity index (χ0) is 13.7. The minimum Gasteiger partial charge on any atom is -0.321 e. The molecule has 4 N–H and O–H groups in total. The predicted octanol–water partition coefficient (Wildman–Crippen LogP) is -0.458. The summed E-state index contributed by atoms with van der Waals surface area (Å²) in [5.74, 6) is 5.26. The highest BCUT2D eigenvalue weighted by Gasteiger charge is 2.19. The fraction of sp³-hybridized carbons (Fsp3) is 0.200. The minimum absolute atomic E-state index is 0.127. The van der Waals surface area contributed by atoms with Crippen molar-refractivity contribution in [2.45, 2.75) is 11.6 Å². The van der Waals surface area contributed by atoms with Gasteiger partial charge in [0.1, 0.15) is 0 Å². The van der Waals surface area contributed by atoms with Crippen molar-refractivity contribution in [2.24, 2.45) is 5.84 Å². The standard InChI is InChI=1S/C10H14N6O2S/c11-15-9-3-1-4-12-10(9)19(17,18)14-6-8-16-7-2-5-13-16/h1-5,7,14-15H,6,8,11H2. The number of hydrogen-bond donors (Lipinski definition) is 3. The van der Waals surface area contributed by atoms with Crippen LogP contribution in [0.15, 0.2) is 41.8 Å². The van der Waals surface area contributed by atoms with E-state index in [4.69, 9.17) is 5.84 Å². The van der Waals surface area contributed by atoms with E-state index in [0.717, 1.165) is 0 Å². The molecule has 2 aromatic heterocycles. The van der Waals surface area contributed by atoms with Gasteiger partial charge < -0.3 is 5.43 Å². The molecule has 0 amide bonds. The van der Waals surface area contributed by atoms with Crippen molar-refractivity contribution < 1.29 is 8.42 Å². The summed E-state index contributed by atoms with van der Waals surface area (Å²) in [5, 5.41) is 3.85. The number of nitrogens with two attached hydrogens (primary N) is 1. The lowest BCUT2D eigenvalue weighted by atomic mass is 10.4. The van der Waals surface area contributed by atoms with Gasteiger partial charge in [-0.25, -0.2) is 18.1 Å². The molecule has 0 radical (unpaired) electrons. The van der Waals surface area contributed by atoms with Crippen LogP contribution in [-0.2, 0) is 16.6 Å². The molecule has 0 fully saturated rings. The van der Waals surface area contributed by atoms with Crippen LogP contribution in [0.3, 0.4) is 0 Å². The van der Waals surface area contributed by atoms with Gasteiger partial charge in [-0.3, -0.25) is 10.5 Å². The van der Waals surface area contributed by atoms with E-state index in [1.807, 2.05) is 0 Å². The maximum Gasteiger partial charge on any atom is 0.260 e. The Morgan fingerprint density at radius 1 is 1.32 bits per heavy atom. The third-order valence-corrected chi connectivity index (χ3v) is 3.79. The quantitative estimate of drug-likeness (QED) is 0.488. The Balaban J connectivity index is 2.05. The highest BCUT2D eigenvalue weighted by atomic mass is 32.2. The number of nitrogen functional groups attached to an aromatic ring is 1. The molecule has 8 nitrogen and oxygen atoms in total. The minimum atomic E-state index is -3.70. The normalized spacial score (nSPS) is 11.4. The summed E-state index contributed by atoms with van der Waals surface area (Å²) in [6.07, 6.45) is 4.77. The molecule has 102 valence electrons. The van der Waals surface area contributed by atoms with Gasteiger partial charge in [-0.2, -0.15) is 5.10 Å². The van der Waals surface area contributed by atoms with Gasteiger partial charge in [0.2, 0.25) is 0 Å². The van der Waals surface area contributed by atoms with E-state index in [1.165, 1.54) is 12.3 Å². The van der Waals surface area contributed by atoms with Crippen LogP contribution in [0.1, 0.15) is 0 Å². The van der Waals surface area contributed by atoms with Crippen LogP contribution in [0.25, 0.3) is 0 Å². The van der Waals surface area contributed by atoms with Gasteiger partial charge in [0.15, 0.2) is 5.03 Å². The fourth-order valence-corrected chi connectivity index (χ4v) is 2.62. The average molecular weight is 282 g/mol. The first-order chi connectivity index (χ1) is 9.13. The van der Waals surface area contributed by atoms with Gasteiger partial charge in [0, 0.05) is 25.1 Å². The Morgan fingerprint density at radius 3 is 2.84 bits per heavy atom. The maximum absolute atomic E-state index is 12.0. The Labute approximate surface area is 110 Å². The van der Waals surface area contributed by atoms with E-state index >= 15 is 0 Å². The highest BCUT2D eigenvalue weighted by molar-refractivity contribution is 7.89. The molecule has 2 aromatic rings. The Kier molecular flexibility index (Phi) is 4.10. The lowest BCUT2D eigenvalue weighted by molar-refractivity contribution is 0.558. The molecule has 0 unspecified atom stereocenters. The first-order valence-electron chi connectivity index (χ1n) is 5.52. The number of hydrazine groups is 1. The number of nitrogens with one attached hydrogen (secondary N) is 2. The molecule has 0 atom stereocenters. The second-order valence-corrected chi connectivity index (χ2v) is 5.35. The van der Waals surface area contributed by atoms with E-state index in [2.05, 4.69) is 20.2 Å². The number of anilines is 1. The smallest absolute Gasteiger partial charge is 0.260 e. The molecule has 0 aliphatic rings. The SMILES string of the molecule is NNc1cccnc1S(=O)(=O)NCCn1cccn1. The number of pyridine rings is 1. The second kappa shape index (κ2) is 5.78. The number of nitrogens with zero attached hydrogens (tertiary/aromatic N) is 3. The Hall–Kier alpha value is -1.97. The summed E-state index contributed by atoms with van der Waals surface area (Å²) < 4.78 is 28.2. The molecule has 0 saturated heterocycles. The Bertz CT molecular complexity index is 625. The second-order valence-electron chi connectivity index (χ2n) is 3.67. The summed E-state index contributed by atoms with van der Waals surface area (Å²) in [4.78, 5) is 3.82.